The molecule has 32 heavy (non-hydrogen) atoms. The molecule has 1 atom stereocenters. The van der Waals surface area contributed by atoms with Gasteiger partial charge in [-0.15, -0.1) is 0 Å². The molecule has 0 spiro atoms. The molecule has 7 nitrogen and oxygen atoms in total. The van der Waals surface area contributed by atoms with E-state index < -0.39 is 28.5 Å². The monoisotopic (exact) mass is 459 g/mol. The number of sulfonamides is 1. The number of aryl methyl sites for hydroxylation is 1. The highest BCUT2D eigenvalue weighted by Crippen LogP contribution is 2.29. The van der Waals surface area contributed by atoms with E-state index in [2.05, 4.69) is 5.32 Å². The minimum Gasteiger partial charge on any atom is -0.357 e. The van der Waals surface area contributed by atoms with Crippen LogP contribution >= 0.6 is 0 Å². The summed E-state index contributed by atoms with van der Waals surface area (Å²) in [6, 6.07) is 14.1. The largest absolute Gasteiger partial charge is 0.357 e. The Kier molecular flexibility index (Phi) is 8.44. The first-order valence-electron chi connectivity index (χ1n) is 10.6. The number of benzene rings is 2. The lowest BCUT2D eigenvalue weighted by atomic mass is 10.0. The van der Waals surface area contributed by atoms with E-state index in [-0.39, 0.29) is 18.4 Å². The van der Waals surface area contributed by atoms with Crippen LogP contribution in [0, 0.1) is 6.92 Å². The number of likely N-dealkylation sites (N-methyl/N-ethyl adjacent to an activating group) is 1. The van der Waals surface area contributed by atoms with Crippen molar-refractivity contribution in [2.24, 2.45) is 0 Å². The van der Waals surface area contributed by atoms with Crippen LogP contribution in [-0.4, -0.2) is 51.0 Å². The summed E-state index contributed by atoms with van der Waals surface area (Å²) in [6.45, 7) is 7.34. The number of nitrogens with one attached hydrogen (secondary N) is 1. The number of carbonyl (C=O) groups excluding carboxylic acids is 2. The molecule has 174 valence electrons. The second kappa shape index (κ2) is 10.6. The van der Waals surface area contributed by atoms with Crippen molar-refractivity contribution >= 4 is 27.5 Å². The Morgan fingerprint density at radius 3 is 2.12 bits per heavy atom. The number of anilines is 1. The lowest BCUT2D eigenvalue weighted by Crippen LogP contribution is -2.50. The van der Waals surface area contributed by atoms with E-state index in [9.17, 15) is 18.0 Å². The van der Waals surface area contributed by atoms with E-state index in [1.165, 1.54) is 11.9 Å². The van der Waals surface area contributed by atoms with Gasteiger partial charge in [-0.25, -0.2) is 8.42 Å². The van der Waals surface area contributed by atoms with Crippen molar-refractivity contribution in [2.45, 2.75) is 46.2 Å². The molecule has 0 aromatic heterocycles. The van der Waals surface area contributed by atoms with Crippen molar-refractivity contribution < 1.29 is 18.0 Å². The first-order valence-corrected chi connectivity index (χ1v) is 12.4. The van der Waals surface area contributed by atoms with Crippen LogP contribution in [0.5, 0.6) is 0 Å². The molecule has 0 radical (unpaired) electrons. The highest BCUT2D eigenvalue weighted by molar-refractivity contribution is 7.92. The minimum atomic E-state index is -3.75. The molecule has 0 saturated heterocycles. The normalized spacial score (nSPS) is 12.3. The second-order valence-electron chi connectivity index (χ2n) is 8.28. The average molecular weight is 460 g/mol. The van der Waals surface area contributed by atoms with E-state index in [4.69, 9.17) is 0 Å². The summed E-state index contributed by atoms with van der Waals surface area (Å²) in [5.41, 5.74) is 3.24. The van der Waals surface area contributed by atoms with Crippen LogP contribution in [0.2, 0.25) is 0 Å². The smallest absolute Gasteiger partial charge is 0.244 e. The summed E-state index contributed by atoms with van der Waals surface area (Å²) in [4.78, 5) is 27.2. The van der Waals surface area contributed by atoms with Crippen LogP contribution < -0.4 is 9.62 Å². The number of para-hydroxylation sites is 1. The van der Waals surface area contributed by atoms with Crippen molar-refractivity contribution in [1.29, 1.82) is 0 Å². The lowest BCUT2D eigenvalue weighted by molar-refractivity contribution is -0.139. The fourth-order valence-electron chi connectivity index (χ4n) is 3.48. The molecule has 0 aliphatic rings. The van der Waals surface area contributed by atoms with Gasteiger partial charge in [-0.05, 0) is 37.0 Å². The fourth-order valence-corrected chi connectivity index (χ4v) is 4.35. The van der Waals surface area contributed by atoms with Gasteiger partial charge in [0, 0.05) is 13.6 Å². The van der Waals surface area contributed by atoms with Gasteiger partial charge in [0.05, 0.1) is 11.9 Å². The first kappa shape index (κ1) is 25.4. The van der Waals surface area contributed by atoms with Crippen LogP contribution in [0.3, 0.4) is 0 Å². The third-order valence-electron chi connectivity index (χ3n) is 5.39. The third kappa shape index (κ3) is 6.32. The minimum absolute atomic E-state index is 0.0685. The summed E-state index contributed by atoms with van der Waals surface area (Å²) in [5.74, 6) is -0.705. The van der Waals surface area contributed by atoms with Gasteiger partial charge in [0.15, 0.2) is 0 Å². The maximum atomic E-state index is 13.4. The Labute approximate surface area is 191 Å². The summed E-state index contributed by atoms with van der Waals surface area (Å²) in [7, 11) is -2.24. The van der Waals surface area contributed by atoms with Crippen LogP contribution in [0.1, 0.15) is 43.4 Å². The van der Waals surface area contributed by atoms with E-state index in [0.717, 1.165) is 27.3 Å². The standard InChI is InChI=1S/C24H33N3O4S/c1-17(2)21-9-7-8-10-22(21)27(32(6,30)31)16-23(28)26(19(4)24(29)25-5)15-20-13-11-18(3)12-14-20/h7-14,17,19H,15-16H2,1-6H3,(H,25,29)/t19-/m0/s1. The predicted octanol–water partition coefficient (Wildman–Crippen LogP) is 3.05. The summed E-state index contributed by atoms with van der Waals surface area (Å²) in [5, 5.41) is 2.57. The average Bonchev–Trinajstić information content (AvgIpc) is 2.75. The van der Waals surface area contributed by atoms with Crippen LogP contribution in [0.4, 0.5) is 5.69 Å². The maximum absolute atomic E-state index is 13.4. The SMILES string of the molecule is CNC(=O)[C@H](C)N(Cc1ccc(C)cc1)C(=O)CN(c1ccccc1C(C)C)S(C)(=O)=O. The molecule has 0 fully saturated rings. The number of carbonyl (C=O) groups is 2. The maximum Gasteiger partial charge on any atom is 0.244 e. The molecular formula is C24H33N3O4S. The highest BCUT2D eigenvalue weighted by atomic mass is 32.2. The van der Waals surface area contributed by atoms with Gasteiger partial charge in [0.1, 0.15) is 12.6 Å². The molecule has 2 aromatic carbocycles. The van der Waals surface area contributed by atoms with E-state index >= 15 is 0 Å². The topological polar surface area (TPSA) is 86.8 Å². The van der Waals surface area contributed by atoms with Gasteiger partial charge >= 0.3 is 0 Å². The van der Waals surface area contributed by atoms with E-state index in [0.29, 0.717) is 5.69 Å². The molecular weight excluding hydrogens is 426 g/mol. The third-order valence-corrected chi connectivity index (χ3v) is 6.52. The van der Waals surface area contributed by atoms with Gasteiger partial charge in [-0.3, -0.25) is 13.9 Å². The number of hydrogen-bond acceptors (Lipinski definition) is 4. The molecule has 0 bridgehead atoms. The molecule has 0 aliphatic heterocycles. The molecule has 0 aliphatic carbocycles. The van der Waals surface area contributed by atoms with Crippen LogP contribution in [-0.2, 0) is 26.2 Å². The highest BCUT2D eigenvalue weighted by Gasteiger charge is 2.30. The molecule has 0 unspecified atom stereocenters. The van der Waals surface area contributed by atoms with Crippen molar-refractivity contribution in [3.63, 3.8) is 0 Å². The molecule has 2 rings (SSSR count). The Morgan fingerprint density at radius 1 is 1.00 bits per heavy atom. The zero-order chi connectivity index (χ0) is 24.1. The van der Waals surface area contributed by atoms with Gasteiger partial charge in [0.2, 0.25) is 21.8 Å². The molecule has 2 aromatic rings. The Bertz CT molecular complexity index is 1050. The Hall–Kier alpha value is -2.87. The lowest BCUT2D eigenvalue weighted by Gasteiger charge is -2.32. The second-order valence-corrected chi connectivity index (χ2v) is 10.2. The predicted molar refractivity (Wildman–Crippen MR) is 128 cm³/mol. The summed E-state index contributed by atoms with van der Waals surface area (Å²) in [6.07, 6.45) is 1.09. The number of nitrogens with zero attached hydrogens (tertiary/aromatic N) is 2. The van der Waals surface area contributed by atoms with E-state index in [1.54, 1.807) is 19.1 Å². The van der Waals surface area contributed by atoms with Crippen molar-refractivity contribution in [3.8, 4) is 0 Å². The van der Waals surface area contributed by atoms with Gasteiger partial charge < -0.3 is 10.2 Å². The molecule has 0 saturated carbocycles. The van der Waals surface area contributed by atoms with Gasteiger partial charge in [-0.1, -0.05) is 61.9 Å². The molecule has 2 amide bonds. The fraction of sp³-hybridized carbons (Fsp3) is 0.417. The van der Waals surface area contributed by atoms with Crippen molar-refractivity contribution in [2.75, 3.05) is 24.2 Å². The summed E-state index contributed by atoms with van der Waals surface area (Å²) < 4.78 is 26.5. The van der Waals surface area contributed by atoms with Crippen LogP contribution in [0.15, 0.2) is 48.5 Å². The Balaban J connectivity index is 2.44. The van der Waals surface area contributed by atoms with E-state index in [1.807, 2.05) is 57.2 Å². The van der Waals surface area contributed by atoms with Gasteiger partial charge in [0.25, 0.3) is 0 Å². The van der Waals surface area contributed by atoms with Crippen molar-refractivity contribution in [3.05, 3.63) is 65.2 Å². The number of amides is 2. The zero-order valence-electron chi connectivity index (χ0n) is 19.6. The number of hydrogen-bond donors (Lipinski definition) is 1. The van der Waals surface area contributed by atoms with Crippen molar-refractivity contribution in [1.82, 2.24) is 10.2 Å². The Morgan fingerprint density at radius 2 is 1.59 bits per heavy atom. The molecule has 1 N–H and O–H groups in total. The number of rotatable bonds is 9. The zero-order valence-corrected chi connectivity index (χ0v) is 20.4. The van der Waals surface area contributed by atoms with Gasteiger partial charge in [-0.2, -0.15) is 0 Å². The first-order chi connectivity index (χ1) is 15.0. The van der Waals surface area contributed by atoms with Crippen LogP contribution in [0.25, 0.3) is 0 Å². The molecule has 8 heteroatoms. The quantitative estimate of drug-likeness (QED) is 0.624. The summed E-state index contributed by atoms with van der Waals surface area (Å²) >= 11 is 0. The molecule has 0 heterocycles.